The largest absolute Gasteiger partial charge is 0.416 e. The summed E-state index contributed by atoms with van der Waals surface area (Å²) in [4.78, 5) is 8.16. The first-order chi connectivity index (χ1) is 8.91. The maximum Gasteiger partial charge on any atom is 0.416 e. The van der Waals surface area contributed by atoms with Gasteiger partial charge in [-0.1, -0.05) is 0 Å². The number of aryl methyl sites for hydroxylation is 1. The third-order valence-corrected chi connectivity index (χ3v) is 2.56. The minimum Gasteiger partial charge on any atom is -0.370 e. The molecule has 0 radical (unpaired) electrons. The highest BCUT2D eigenvalue weighted by Gasteiger charge is 2.32. The Kier molecular flexibility index (Phi) is 3.46. The molecule has 0 saturated carbocycles. The predicted octanol–water partition coefficient (Wildman–Crippen LogP) is 2.93. The third-order valence-electron chi connectivity index (χ3n) is 2.56. The third kappa shape index (κ3) is 2.86. The second kappa shape index (κ2) is 4.91. The fourth-order valence-corrected chi connectivity index (χ4v) is 1.69. The molecule has 0 aliphatic rings. The Morgan fingerprint density at radius 2 is 2.05 bits per heavy atom. The van der Waals surface area contributed by atoms with Crippen molar-refractivity contribution in [2.45, 2.75) is 13.1 Å². The molecule has 0 atom stereocenters. The minimum atomic E-state index is -4.41. The summed E-state index contributed by atoms with van der Waals surface area (Å²) in [5.74, 6) is 0.584. The van der Waals surface area contributed by atoms with E-state index in [2.05, 4.69) is 15.3 Å². The Balaban J connectivity index is 2.55. The summed E-state index contributed by atoms with van der Waals surface area (Å²) < 4.78 is 40.2. The zero-order valence-corrected chi connectivity index (χ0v) is 10.5. The van der Waals surface area contributed by atoms with E-state index in [0.29, 0.717) is 12.4 Å². The molecule has 0 saturated heterocycles. The molecule has 102 valence electrons. The zero-order valence-electron chi connectivity index (χ0n) is 10.5. The molecule has 0 bridgehead atoms. The van der Waals surface area contributed by atoms with E-state index in [9.17, 15) is 13.2 Å². The number of rotatable bonds is 3. The second-order valence-corrected chi connectivity index (χ2v) is 4.02. The first kappa shape index (κ1) is 13.4. The van der Waals surface area contributed by atoms with Gasteiger partial charge in [0.05, 0.1) is 5.56 Å². The molecule has 2 aromatic heterocycles. The average Bonchev–Trinajstić information content (AvgIpc) is 2.74. The normalized spacial score (nSPS) is 11.6. The molecule has 0 amide bonds. The number of halogens is 3. The van der Waals surface area contributed by atoms with E-state index < -0.39 is 11.7 Å². The van der Waals surface area contributed by atoms with Gasteiger partial charge >= 0.3 is 6.18 Å². The van der Waals surface area contributed by atoms with Gasteiger partial charge < -0.3 is 9.88 Å². The Labute approximate surface area is 108 Å². The van der Waals surface area contributed by atoms with E-state index in [-0.39, 0.29) is 11.5 Å². The standard InChI is InChI=1S/C12H13F3N4/c1-3-16-10-7-8(12(13,14)15)6-9(18-10)11-17-4-5-19(11)2/h4-7H,3H2,1-2H3,(H,16,18). The van der Waals surface area contributed by atoms with Crippen molar-refractivity contribution in [3.8, 4) is 11.5 Å². The van der Waals surface area contributed by atoms with Gasteiger partial charge in [0.1, 0.15) is 11.5 Å². The van der Waals surface area contributed by atoms with Crippen LogP contribution in [-0.4, -0.2) is 21.1 Å². The summed E-state index contributed by atoms with van der Waals surface area (Å²) in [7, 11) is 1.71. The van der Waals surface area contributed by atoms with E-state index in [0.717, 1.165) is 12.1 Å². The molecule has 2 heterocycles. The Bertz CT molecular complexity index is 575. The van der Waals surface area contributed by atoms with Gasteiger partial charge in [0.15, 0.2) is 5.82 Å². The number of imidazole rings is 1. The van der Waals surface area contributed by atoms with Gasteiger partial charge in [-0.25, -0.2) is 9.97 Å². The number of aromatic nitrogens is 3. The molecule has 2 aromatic rings. The monoisotopic (exact) mass is 270 g/mol. The van der Waals surface area contributed by atoms with Crippen LogP contribution in [0.5, 0.6) is 0 Å². The predicted molar refractivity (Wildman–Crippen MR) is 65.6 cm³/mol. The van der Waals surface area contributed by atoms with Crippen LogP contribution in [0.3, 0.4) is 0 Å². The smallest absolute Gasteiger partial charge is 0.370 e. The van der Waals surface area contributed by atoms with Gasteiger partial charge in [-0.15, -0.1) is 0 Å². The fourth-order valence-electron chi connectivity index (χ4n) is 1.69. The molecule has 0 unspecified atom stereocenters. The van der Waals surface area contributed by atoms with E-state index in [4.69, 9.17) is 0 Å². The van der Waals surface area contributed by atoms with Crippen molar-refractivity contribution in [2.24, 2.45) is 7.05 Å². The molecule has 1 N–H and O–H groups in total. The Hall–Kier alpha value is -2.05. The maximum absolute atomic E-state index is 12.8. The molecule has 0 aromatic carbocycles. The van der Waals surface area contributed by atoms with Crippen molar-refractivity contribution in [3.63, 3.8) is 0 Å². The van der Waals surface area contributed by atoms with Gasteiger partial charge in [-0.05, 0) is 19.1 Å². The fraction of sp³-hybridized carbons (Fsp3) is 0.333. The summed E-state index contributed by atoms with van der Waals surface area (Å²) in [5, 5.41) is 2.79. The first-order valence-electron chi connectivity index (χ1n) is 5.72. The molecular weight excluding hydrogens is 257 g/mol. The van der Waals surface area contributed by atoms with Crippen LogP contribution in [0.2, 0.25) is 0 Å². The summed E-state index contributed by atoms with van der Waals surface area (Å²) in [6.07, 6.45) is -1.23. The van der Waals surface area contributed by atoms with Gasteiger partial charge in [-0.3, -0.25) is 0 Å². The van der Waals surface area contributed by atoms with Gasteiger partial charge in [0.25, 0.3) is 0 Å². The van der Waals surface area contributed by atoms with E-state index >= 15 is 0 Å². The molecule has 7 heteroatoms. The number of nitrogens with one attached hydrogen (secondary N) is 1. The molecule has 0 aliphatic carbocycles. The van der Waals surface area contributed by atoms with Gasteiger partial charge in [-0.2, -0.15) is 13.2 Å². The molecule has 19 heavy (non-hydrogen) atoms. The average molecular weight is 270 g/mol. The van der Waals surface area contributed by atoms with Crippen molar-refractivity contribution in [2.75, 3.05) is 11.9 Å². The molecular formula is C12H13F3N4. The summed E-state index contributed by atoms with van der Waals surface area (Å²) in [6.45, 7) is 2.29. The zero-order chi connectivity index (χ0) is 14.0. The van der Waals surface area contributed by atoms with Crippen molar-refractivity contribution >= 4 is 5.82 Å². The summed E-state index contributed by atoms with van der Waals surface area (Å²) in [6, 6.07) is 2.00. The Morgan fingerprint density at radius 1 is 1.32 bits per heavy atom. The SMILES string of the molecule is CCNc1cc(C(F)(F)F)cc(-c2nccn2C)n1. The van der Waals surface area contributed by atoms with Gasteiger partial charge in [0, 0.05) is 26.0 Å². The number of hydrogen-bond donors (Lipinski definition) is 1. The number of hydrogen-bond acceptors (Lipinski definition) is 3. The van der Waals surface area contributed by atoms with E-state index in [1.165, 1.54) is 6.20 Å². The molecule has 0 fully saturated rings. The highest BCUT2D eigenvalue weighted by Crippen LogP contribution is 2.32. The lowest BCUT2D eigenvalue weighted by Gasteiger charge is -2.12. The second-order valence-electron chi connectivity index (χ2n) is 4.02. The highest BCUT2D eigenvalue weighted by molar-refractivity contribution is 5.56. The van der Waals surface area contributed by atoms with Crippen LogP contribution in [0.15, 0.2) is 24.5 Å². The molecule has 2 rings (SSSR count). The number of alkyl halides is 3. The van der Waals surface area contributed by atoms with E-state index in [1.807, 2.05) is 0 Å². The van der Waals surface area contributed by atoms with Crippen molar-refractivity contribution in [1.29, 1.82) is 0 Å². The highest BCUT2D eigenvalue weighted by atomic mass is 19.4. The topological polar surface area (TPSA) is 42.7 Å². The summed E-state index contributed by atoms with van der Waals surface area (Å²) >= 11 is 0. The van der Waals surface area contributed by atoms with Crippen LogP contribution in [-0.2, 0) is 13.2 Å². The number of anilines is 1. The van der Waals surface area contributed by atoms with Crippen LogP contribution in [0.1, 0.15) is 12.5 Å². The van der Waals surface area contributed by atoms with Crippen LogP contribution >= 0.6 is 0 Å². The van der Waals surface area contributed by atoms with Gasteiger partial charge in [0.2, 0.25) is 0 Å². The maximum atomic E-state index is 12.8. The summed E-state index contributed by atoms with van der Waals surface area (Å²) in [5.41, 5.74) is -0.547. The molecule has 0 aliphatic heterocycles. The van der Waals surface area contributed by atoms with Crippen LogP contribution in [0.4, 0.5) is 19.0 Å². The van der Waals surface area contributed by atoms with Crippen LogP contribution < -0.4 is 5.32 Å². The van der Waals surface area contributed by atoms with Crippen molar-refractivity contribution < 1.29 is 13.2 Å². The Morgan fingerprint density at radius 3 is 2.58 bits per heavy atom. The van der Waals surface area contributed by atoms with Crippen molar-refractivity contribution in [3.05, 3.63) is 30.1 Å². The molecule has 4 nitrogen and oxygen atoms in total. The number of nitrogens with zero attached hydrogens (tertiary/aromatic N) is 3. The van der Waals surface area contributed by atoms with Crippen LogP contribution in [0.25, 0.3) is 11.5 Å². The van der Waals surface area contributed by atoms with E-state index in [1.54, 1.807) is 24.7 Å². The van der Waals surface area contributed by atoms with Crippen LogP contribution in [0, 0.1) is 0 Å². The van der Waals surface area contributed by atoms with Crippen molar-refractivity contribution in [1.82, 2.24) is 14.5 Å². The number of pyridine rings is 1. The molecule has 0 spiro atoms. The lowest BCUT2D eigenvalue weighted by Crippen LogP contribution is -2.09. The lowest BCUT2D eigenvalue weighted by atomic mass is 10.2. The quantitative estimate of drug-likeness (QED) is 0.932. The first-order valence-corrected chi connectivity index (χ1v) is 5.72. The lowest BCUT2D eigenvalue weighted by molar-refractivity contribution is -0.137. The minimum absolute atomic E-state index is 0.190.